The van der Waals surface area contributed by atoms with Crippen molar-refractivity contribution >= 4 is 11.6 Å². The predicted molar refractivity (Wildman–Crippen MR) is 25.4 cm³/mol. The van der Waals surface area contributed by atoms with Crippen LogP contribution in [0.4, 0.5) is 17.6 Å². The van der Waals surface area contributed by atoms with Gasteiger partial charge in [-0.25, -0.2) is 4.39 Å². The number of allylic oxidation sites excluding steroid dienone is 2. The lowest BCUT2D eigenvalue weighted by molar-refractivity contribution is 0.372. The van der Waals surface area contributed by atoms with Crippen molar-refractivity contribution in [2.24, 2.45) is 0 Å². The lowest BCUT2D eigenvalue weighted by Gasteiger charge is -1.85. The van der Waals surface area contributed by atoms with Crippen LogP contribution in [0.2, 0.25) is 0 Å². The largest absolute Gasteiger partial charge is 0.308 e. The lowest BCUT2D eigenvalue weighted by Crippen LogP contribution is -1.74. The summed E-state index contributed by atoms with van der Waals surface area (Å²) in [6.07, 6.45) is -2.72. The van der Waals surface area contributed by atoms with E-state index in [0.717, 1.165) is 0 Å². The molecule has 0 unspecified atom stereocenters. The lowest BCUT2D eigenvalue weighted by atomic mass is 10.5. The molecule has 5 heteroatoms. The molecule has 0 nitrogen and oxygen atoms in total. The van der Waals surface area contributed by atoms with E-state index >= 15 is 0 Å². The highest BCUT2D eigenvalue weighted by atomic mass is 35.5. The molecule has 0 atom stereocenters. The number of rotatable bonds is 1. The smallest absolute Gasteiger partial charge is 0.203 e. The minimum absolute atomic E-state index is 0.0918. The summed E-state index contributed by atoms with van der Waals surface area (Å²) in [5, 5.41) is 0. The van der Waals surface area contributed by atoms with Crippen molar-refractivity contribution < 1.29 is 17.6 Å². The fraction of sp³-hybridized carbons (Fsp3) is 0. The summed E-state index contributed by atoms with van der Waals surface area (Å²) >= 11 is 4.55. The summed E-state index contributed by atoms with van der Waals surface area (Å²) in [4.78, 5) is 0. The molecule has 0 spiro atoms. The Labute approximate surface area is 53.4 Å². The molecule has 0 aromatic rings. The van der Waals surface area contributed by atoms with Crippen molar-refractivity contribution in [1.82, 2.24) is 0 Å². The molecular weight excluding hydrogens is 159 g/mol. The van der Waals surface area contributed by atoms with E-state index in [1.54, 1.807) is 0 Å². The molecule has 0 bridgehead atoms. The molecule has 0 aliphatic heterocycles. The van der Waals surface area contributed by atoms with E-state index in [9.17, 15) is 17.6 Å². The van der Waals surface area contributed by atoms with Gasteiger partial charge in [0, 0.05) is 5.54 Å². The SMILES string of the molecule is FC(F)=C(F)/C(F)=C\Cl. The highest BCUT2D eigenvalue weighted by Gasteiger charge is 2.09. The van der Waals surface area contributed by atoms with Gasteiger partial charge in [0.15, 0.2) is 5.83 Å². The van der Waals surface area contributed by atoms with Crippen molar-refractivity contribution in [3.05, 3.63) is 23.3 Å². The number of hydrogen-bond donors (Lipinski definition) is 0. The molecule has 0 N–H and O–H groups in total. The van der Waals surface area contributed by atoms with Crippen LogP contribution in [0.5, 0.6) is 0 Å². The molecule has 0 radical (unpaired) electrons. The van der Waals surface area contributed by atoms with Crippen LogP contribution in [0.25, 0.3) is 0 Å². The number of halogens is 5. The Morgan fingerprint density at radius 1 is 1.11 bits per heavy atom. The van der Waals surface area contributed by atoms with E-state index in [0.29, 0.717) is 0 Å². The molecule has 0 amide bonds. The van der Waals surface area contributed by atoms with Crippen LogP contribution in [-0.4, -0.2) is 0 Å². The maximum absolute atomic E-state index is 11.6. The molecule has 9 heavy (non-hydrogen) atoms. The maximum atomic E-state index is 11.6. The average molecular weight is 160 g/mol. The molecule has 0 aliphatic carbocycles. The monoisotopic (exact) mass is 160 g/mol. The topological polar surface area (TPSA) is 0 Å². The van der Waals surface area contributed by atoms with Crippen molar-refractivity contribution in [3.63, 3.8) is 0 Å². The summed E-state index contributed by atoms with van der Waals surface area (Å²) in [6.45, 7) is 0. The fourth-order valence-corrected chi connectivity index (χ4v) is 0.234. The van der Waals surface area contributed by atoms with Gasteiger partial charge in [-0.15, -0.1) is 0 Å². The van der Waals surface area contributed by atoms with Crippen LogP contribution in [-0.2, 0) is 0 Å². The Morgan fingerprint density at radius 2 is 1.56 bits per heavy atom. The van der Waals surface area contributed by atoms with E-state index in [4.69, 9.17) is 0 Å². The van der Waals surface area contributed by atoms with Crippen LogP contribution in [0, 0.1) is 0 Å². The van der Waals surface area contributed by atoms with E-state index < -0.39 is 17.7 Å². The second kappa shape index (κ2) is 3.50. The van der Waals surface area contributed by atoms with Crippen molar-refractivity contribution in [2.45, 2.75) is 0 Å². The van der Waals surface area contributed by atoms with E-state index in [1.807, 2.05) is 0 Å². The van der Waals surface area contributed by atoms with E-state index in [1.165, 1.54) is 0 Å². The molecule has 0 rings (SSSR count). The Morgan fingerprint density at radius 3 is 1.67 bits per heavy atom. The molecule has 0 aromatic heterocycles. The summed E-state index contributed by atoms with van der Waals surface area (Å²) in [5.74, 6) is -3.98. The third-order valence-corrected chi connectivity index (χ3v) is 0.663. The summed E-state index contributed by atoms with van der Waals surface area (Å²) in [5.41, 5.74) is 0.0918. The Balaban J connectivity index is 4.40. The Hall–Kier alpha value is -0.510. The predicted octanol–water partition coefficient (Wildman–Crippen LogP) is 3.11. The molecule has 0 heterocycles. The van der Waals surface area contributed by atoms with Crippen LogP contribution < -0.4 is 0 Å². The van der Waals surface area contributed by atoms with Gasteiger partial charge in [0.05, 0.1) is 0 Å². The zero-order valence-electron chi connectivity index (χ0n) is 3.97. The molecule has 0 saturated carbocycles. The maximum Gasteiger partial charge on any atom is 0.308 e. The quantitative estimate of drug-likeness (QED) is 0.408. The zero-order chi connectivity index (χ0) is 7.44. The second-order valence-corrected chi connectivity index (χ2v) is 1.25. The van der Waals surface area contributed by atoms with Crippen LogP contribution >= 0.6 is 11.6 Å². The third kappa shape index (κ3) is 2.51. The van der Waals surface area contributed by atoms with Gasteiger partial charge in [0.1, 0.15) is 0 Å². The first-order valence-electron chi connectivity index (χ1n) is 1.76. The molecule has 0 saturated heterocycles. The van der Waals surface area contributed by atoms with Crippen LogP contribution in [0.15, 0.2) is 23.3 Å². The van der Waals surface area contributed by atoms with Gasteiger partial charge < -0.3 is 0 Å². The van der Waals surface area contributed by atoms with Gasteiger partial charge >= 0.3 is 6.08 Å². The first-order valence-corrected chi connectivity index (χ1v) is 2.20. The fourth-order valence-electron chi connectivity index (χ4n) is 0.138. The summed E-state index contributed by atoms with van der Waals surface area (Å²) in [6, 6.07) is 0. The van der Waals surface area contributed by atoms with E-state index in [-0.39, 0.29) is 5.54 Å². The van der Waals surface area contributed by atoms with Gasteiger partial charge in [-0.3, -0.25) is 0 Å². The first kappa shape index (κ1) is 8.49. The van der Waals surface area contributed by atoms with Crippen LogP contribution in [0.3, 0.4) is 0 Å². The van der Waals surface area contributed by atoms with Crippen molar-refractivity contribution in [3.8, 4) is 0 Å². The molecular formula is C4HClF4. The summed E-state index contributed by atoms with van der Waals surface area (Å²) < 4.78 is 45.2. The Bertz CT molecular complexity index is 156. The normalized spacial score (nSPS) is 11.4. The summed E-state index contributed by atoms with van der Waals surface area (Å²) in [7, 11) is 0. The minimum atomic E-state index is -2.72. The Kier molecular flexibility index (Phi) is 3.30. The van der Waals surface area contributed by atoms with Gasteiger partial charge in [0.25, 0.3) is 0 Å². The van der Waals surface area contributed by atoms with Gasteiger partial charge in [-0.1, -0.05) is 11.6 Å². The van der Waals surface area contributed by atoms with Gasteiger partial charge in [-0.05, 0) is 0 Å². The second-order valence-electron chi connectivity index (χ2n) is 1.03. The third-order valence-electron chi connectivity index (χ3n) is 0.471. The standard InChI is InChI=1S/C4HClF4/c5-1-2(6)3(7)4(8)9/h1H/b2-1+. The molecule has 0 fully saturated rings. The zero-order valence-corrected chi connectivity index (χ0v) is 4.72. The minimum Gasteiger partial charge on any atom is -0.203 e. The van der Waals surface area contributed by atoms with Gasteiger partial charge in [-0.2, -0.15) is 13.2 Å². The molecule has 0 aromatic carbocycles. The van der Waals surface area contributed by atoms with Crippen LogP contribution in [0.1, 0.15) is 0 Å². The first-order chi connectivity index (χ1) is 4.09. The van der Waals surface area contributed by atoms with Crippen molar-refractivity contribution in [1.29, 1.82) is 0 Å². The molecule has 52 valence electrons. The number of hydrogen-bond acceptors (Lipinski definition) is 0. The highest BCUT2D eigenvalue weighted by molar-refractivity contribution is 6.25. The molecule has 0 aliphatic rings. The highest BCUT2D eigenvalue weighted by Crippen LogP contribution is 2.19. The van der Waals surface area contributed by atoms with Gasteiger partial charge in [0.2, 0.25) is 5.83 Å². The van der Waals surface area contributed by atoms with Crippen molar-refractivity contribution in [2.75, 3.05) is 0 Å². The van der Waals surface area contributed by atoms with E-state index in [2.05, 4.69) is 11.6 Å². The average Bonchev–Trinajstić information content (AvgIpc) is 1.84.